The molecule has 1 aromatic carbocycles. The smallest absolute Gasteiger partial charge is 0.251 e. The molecule has 1 amide bonds. The lowest BCUT2D eigenvalue weighted by Crippen LogP contribution is -2.33. The zero-order valence-corrected chi connectivity index (χ0v) is 10.3. The van der Waals surface area contributed by atoms with Crippen molar-refractivity contribution in [2.24, 2.45) is 10.9 Å². The number of halogens is 1. The molecule has 0 unspecified atom stereocenters. The maximum atomic E-state index is 11.6. The van der Waals surface area contributed by atoms with Gasteiger partial charge in [-0.2, -0.15) is 0 Å². The minimum Gasteiger partial charge on any atom is -0.409 e. The first kappa shape index (κ1) is 12.5. The third kappa shape index (κ3) is 3.23. The van der Waals surface area contributed by atoms with Crippen molar-refractivity contribution >= 4 is 27.7 Å². The van der Waals surface area contributed by atoms with Crippen molar-refractivity contribution in [1.82, 2.24) is 5.32 Å². The van der Waals surface area contributed by atoms with Crippen molar-refractivity contribution in [3.05, 3.63) is 33.8 Å². The molecule has 0 aliphatic rings. The molecule has 0 aliphatic heterocycles. The number of amidine groups is 1. The Balaban J connectivity index is 2.70. The topological polar surface area (TPSA) is 87.7 Å². The second kappa shape index (κ2) is 5.50. The van der Waals surface area contributed by atoms with Crippen molar-refractivity contribution in [3.63, 3.8) is 0 Å². The Labute approximate surface area is 101 Å². The lowest BCUT2D eigenvalue weighted by atomic mass is 10.1. The van der Waals surface area contributed by atoms with E-state index in [2.05, 4.69) is 26.4 Å². The highest BCUT2D eigenvalue weighted by molar-refractivity contribution is 9.10. The Morgan fingerprint density at radius 2 is 2.31 bits per heavy atom. The maximum Gasteiger partial charge on any atom is 0.251 e. The molecule has 0 saturated heterocycles. The van der Waals surface area contributed by atoms with Gasteiger partial charge in [0, 0.05) is 10.0 Å². The van der Waals surface area contributed by atoms with Crippen LogP contribution in [0.2, 0.25) is 0 Å². The molecule has 86 valence electrons. The van der Waals surface area contributed by atoms with Gasteiger partial charge in [-0.1, -0.05) is 27.2 Å². The van der Waals surface area contributed by atoms with E-state index in [1.807, 2.05) is 13.0 Å². The Morgan fingerprint density at radius 1 is 1.62 bits per heavy atom. The fourth-order valence-corrected chi connectivity index (χ4v) is 1.42. The maximum absolute atomic E-state index is 11.6. The lowest BCUT2D eigenvalue weighted by Gasteiger charge is -2.05. The molecule has 5 nitrogen and oxygen atoms in total. The molecule has 1 aromatic rings. The van der Waals surface area contributed by atoms with Gasteiger partial charge in [-0.15, -0.1) is 0 Å². The number of benzene rings is 1. The first-order valence-corrected chi connectivity index (χ1v) is 5.34. The van der Waals surface area contributed by atoms with Crippen LogP contribution >= 0.6 is 15.9 Å². The molecule has 0 atom stereocenters. The molecule has 1 rings (SSSR count). The predicted molar refractivity (Wildman–Crippen MR) is 64.6 cm³/mol. The summed E-state index contributed by atoms with van der Waals surface area (Å²) >= 11 is 3.34. The second-order valence-electron chi connectivity index (χ2n) is 3.24. The quantitative estimate of drug-likeness (QED) is 0.338. The van der Waals surface area contributed by atoms with E-state index in [0.29, 0.717) is 5.56 Å². The van der Waals surface area contributed by atoms with Gasteiger partial charge in [-0.05, 0) is 24.6 Å². The van der Waals surface area contributed by atoms with Crippen LogP contribution in [0.1, 0.15) is 15.9 Å². The first-order valence-electron chi connectivity index (χ1n) is 4.55. The Bertz CT molecular complexity index is 432. The SMILES string of the molecule is Cc1ccc(C(=O)NC/C(N)=N/O)cc1Br. The molecule has 16 heavy (non-hydrogen) atoms. The number of rotatable bonds is 3. The highest BCUT2D eigenvalue weighted by atomic mass is 79.9. The number of carbonyl (C=O) groups excluding carboxylic acids is 1. The van der Waals surface area contributed by atoms with Gasteiger partial charge in [0.15, 0.2) is 5.84 Å². The molecule has 0 saturated carbocycles. The summed E-state index contributed by atoms with van der Waals surface area (Å²) in [5, 5.41) is 13.6. The summed E-state index contributed by atoms with van der Waals surface area (Å²) in [5.41, 5.74) is 6.80. The van der Waals surface area contributed by atoms with Gasteiger partial charge in [0.25, 0.3) is 5.91 Å². The third-order valence-electron chi connectivity index (χ3n) is 1.99. The second-order valence-corrected chi connectivity index (χ2v) is 4.09. The van der Waals surface area contributed by atoms with Gasteiger partial charge in [-0.25, -0.2) is 0 Å². The number of nitrogens with one attached hydrogen (secondary N) is 1. The Kier molecular flexibility index (Phi) is 4.30. The minimum atomic E-state index is -0.271. The summed E-state index contributed by atoms with van der Waals surface area (Å²) in [6.45, 7) is 1.95. The highest BCUT2D eigenvalue weighted by Crippen LogP contribution is 2.17. The molecule has 0 aromatic heterocycles. The summed E-state index contributed by atoms with van der Waals surface area (Å²) in [7, 11) is 0. The van der Waals surface area contributed by atoms with Crippen LogP contribution in [0.3, 0.4) is 0 Å². The molecule has 6 heteroatoms. The summed E-state index contributed by atoms with van der Waals surface area (Å²) in [6, 6.07) is 5.27. The number of nitrogens with zero attached hydrogens (tertiary/aromatic N) is 1. The Morgan fingerprint density at radius 3 is 2.88 bits per heavy atom. The van der Waals surface area contributed by atoms with Crippen LogP contribution in [-0.2, 0) is 0 Å². The number of hydrogen-bond acceptors (Lipinski definition) is 3. The van der Waals surface area contributed by atoms with Crippen molar-refractivity contribution in [2.75, 3.05) is 6.54 Å². The largest absolute Gasteiger partial charge is 0.409 e. The summed E-state index contributed by atoms with van der Waals surface area (Å²) in [6.07, 6.45) is 0. The average molecular weight is 286 g/mol. The molecule has 0 aliphatic carbocycles. The normalized spacial score (nSPS) is 11.2. The molecule has 0 spiro atoms. The van der Waals surface area contributed by atoms with Crippen LogP contribution in [0.5, 0.6) is 0 Å². The Hall–Kier alpha value is -1.56. The van der Waals surface area contributed by atoms with E-state index in [0.717, 1.165) is 10.0 Å². The van der Waals surface area contributed by atoms with Crippen molar-refractivity contribution < 1.29 is 10.0 Å². The van der Waals surface area contributed by atoms with Crippen molar-refractivity contribution in [1.29, 1.82) is 0 Å². The monoisotopic (exact) mass is 285 g/mol. The molecular formula is C10H12BrN3O2. The summed E-state index contributed by atoms with van der Waals surface area (Å²) in [4.78, 5) is 11.6. The van der Waals surface area contributed by atoms with Crippen LogP contribution < -0.4 is 11.1 Å². The minimum absolute atomic E-state index is 0.0147. The fourth-order valence-electron chi connectivity index (χ4n) is 1.04. The van der Waals surface area contributed by atoms with Gasteiger partial charge < -0.3 is 16.3 Å². The average Bonchev–Trinajstić information content (AvgIpc) is 2.29. The van der Waals surface area contributed by atoms with Gasteiger partial charge >= 0.3 is 0 Å². The highest BCUT2D eigenvalue weighted by Gasteiger charge is 2.07. The summed E-state index contributed by atoms with van der Waals surface area (Å²) in [5.74, 6) is -0.313. The standard InChI is InChI=1S/C10H12BrN3O2/c1-6-2-3-7(4-8(6)11)10(15)13-5-9(12)14-16/h2-4,16H,5H2,1H3,(H2,12,14)(H,13,15). The molecule has 0 bridgehead atoms. The molecule has 0 fully saturated rings. The van der Waals surface area contributed by atoms with E-state index in [4.69, 9.17) is 10.9 Å². The third-order valence-corrected chi connectivity index (χ3v) is 2.85. The van der Waals surface area contributed by atoms with E-state index in [9.17, 15) is 4.79 Å². The van der Waals surface area contributed by atoms with Crippen molar-refractivity contribution in [3.8, 4) is 0 Å². The van der Waals surface area contributed by atoms with Crippen LogP contribution in [-0.4, -0.2) is 23.5 Å². The fraction of sp³-hybridized carbons (Fsp3) is 0.200. The number of carbonyl (C=O) groups is 1. The van der Waals surface area contributed by atoms with Crippen molar-refractivity contribution in [2.45, 2.75) is 6.92 Å². The van der Waals surface area contributed by atoms with Crippen LogP contribution in [0.15, 0.2) is 27.8 Å². The van der Waals surface area contributed by atoms with Gasteiger partial charge in [0.05, 0.1) is 6.54 Å². The molecule has 0 radical (unpaired) electrons. The first-order chi connectivity index (χ1) is 7.54. The van der Waals surface area contributed by atoms with Gasteiger partial charge in [0.1, 0.15) is 0 Å². The molecular weight excluding hydrogens is 274 g/mol. The zero-order valence-electron chi connectivity index (χ0n) is 8.70. The number of nitrogens with two attached hydrogens (primary N) is 1. The van der Waals surface area contributed by atoms with E-state index >= 15 is 0 Å². The van der Waals surface area contributed by atoms with Crippen LogP contribution in [0.25, 0.3) is 0 Å². The van der Waals surface area contributed by atoms with E-state index in [-0.39, 0.29) is 18.3 Å². The zero-order chi connectivity index (χ0) is 12.1. The van der Waals surface area contributed by atoms with E-state index in [1.54, 1.807) is 12.1 Å². The van der Waals surface area contributed by atoms with E-state index in [1.165, 1.54) is 0 Å². The summed E-state index contributed by atoms with van der Waals surface area (Å²) < 4.78 is 0.865. The predicted octanol–water partition coefficient (Wildman–Crippen LogP) is 1.23. The van der Waals surface area contributed by atoms with Gasteiger partial charge in [-0.3, -0.25) is 4.79 Å². The van der Waals surface area contributed by atoms with Crippen LogP contribution in [0, 0.1) is 6.92 Å². The number of amides is 1. The number of oxime groups is 1. The van der Waals surface area contributed by atoms with Crippen LogP contribution in [0.4, 0.5) is 0 Å². The molecule has 0 heterocycles. The number of aryl methyl sites for hydroxylation is 1. The van der Waals surface area contributed by atoms with E-state index < -0.39 is 0 Å². The number of hydrogen-bond donors (Lipinski definition) is 3. The molecule has 4 N–H and O–H groups in total. The van der Waals surface area contributed by atoms with Gasteiger partial charge in [0.2, 0.25) is 0 Å². The lowest BCUT2D eigenvalue weighted by molar-refractivity contribution is 0.0959.